The Labute approximate surface area is 356 Å². The molecule has 0 amide bonds. The van der Waals surface area contributed by atoms with Gasteiger partial charge in [0.15, 0.2) is 28.5 Å². The number of nitrogens with zero attached hydrogens (tertiary/aromatic N) is 3. The van der Waals surface area contributed by atoms with Crippen LogP contribution in [0.5, 0.6) is 28.7 Å². The predicted octanol–water partition coefficient (Wildman–Crippen LogP) is 5.08. The van der Waals surface area contributed by atoms with Crippen LogP contribution in [0.25, 0.3) is 10.9 Å². The molecule has 1 spiro atoms. The standard InChI is InChI=1S/C45H47N5O10S/c1-20-13-24-14-29-30(16-46)50-31-18-57-44(54)45(43-27(15-25(48-45)17-56-22(3)51)26-9-7-8-10-28(26)47-43)11-12-61-42(36(50)35(49(29)5)32(24)37(53)38(20)55-6)34-33(31)41-40(58-19-59-41)21(2)39(34)60-23(4)52/h7-10,13,25,29-31,35-36,42,47-48,53H,11-12,14-15,17-19H2,1-6H3/t25-,29-,30?,31-,35-,36+,42+,45+/m0/s1. The van der Waals surface area contributed by atoms with E-state index in [-0.39, 0.29) is 38.2 Å². The highest BCUT2D eigenvalue weighted by Gasteiger charge is 2.61. The van der Waals surface area contributed by atoms with E-state index in [1.54, 1.807) is 18.9 Å². The van der Waals surface area contributed by atoms with Gasteiger partial charge < -0.3 is 38.5 Å². The van der Waals surface area contributed by atoms with Gasteiger partial charge in [-0.25, -0.2) is 4.79 Å². The first kappa shape index (κ1) is 39.7. The number of phenols is 1. The Balaban J connectivity index is 1.21. The minimum absolute atomic E-state index is 0.0441. The van der Waals surface area contributed by atoms with Gasteiger partial charge in [0.1, 0.15) is 25.0 Å². The van der Waals surface area contributed by atoms with Gasteiger partial charge in [0.05, 0.1) is 36.2 Å². The molecular weight excluding hydrogens is 803 g/mol. The number of ether oxygens (including phenoxy) is 6. The Morgan fingerprint density at radius 2 is 1.85 bits per heavy atom. The van der Waals surface area contributed by atoms with Crippen LogP contribution in [0.15, 0.2) is 30.3 Å². The van der Waals surface area contributed by atoms with E-state index in [9.17, 15) is 20.0 Å². The Morgan fingerprint density at radius 3 is 2.61 bits per heavy atom. The molecule has 15 nitrogen and oxygen atoms in total. The minimum Gasteiger partial charge on any atom is -0.504 e. The third-order valence-corrected chi connectivity index (χ3v) is 15.0. The number of aryl methyl sites for hydroxylation is 1. The van der Waals surface area contributed by atoms with Gasteiger partial charge in [-0.05, 0) is 68.7 Å². The van der Waals surface area contributed by atoms with Crippen LogP contribution in [-0.4, -0.2) is 102 Å². The van der Waals surface area contributed by atoms with E-state index in [1.807, 2.05) is 51.2 Å². The molecule has 16 heteroatoms. The average molecular weight is 850 g/mol. The highest BCUT2D eigenvalue weighted by atomic mass is 32.2. The summed E-state index contributed by atoms with van der Waals surface area (Å²) in [5.74, 6) is 0.551. The molecule has 2 fully saturated rings. The summed E-state index contributed by atoms with van der Waals surface area (Å²) in [5.41, 5.74) is 5.47. The number of hydrogen-bond acceptors (Lipinski definition) is 15. The van der Waals surface area contributed by atoms with Crippen molar-refractivity contribution in [1.29, 1.82) is 5.26 Å². The molecule has 7 aliphatic heterocycles. The number of esters is 3. The van der Waals surface area contributed by atoms with Gasteiger partial charge in [0.25, 0.3) is 0 Å². The number of H-pyrrole nitrogens is 1. The fourth-order valence-electron chi connectivity index (χ4n) is 11.3. The summed E-state index contributed by atoms with van der Waals surface area (Å²) >= 11 is 1.59. The van der Waals surface area contributed by atoms with E-state index in [1.165, 1.54) is 13.8 Å². The predicted molar refractivity (Wildman–Crippen MR) is 222 cm³/mol. The van der Waals surface area contributed by atoms with E-state index in [0.29, 0.717) is 69.5 Å². The lowest BCUT2D eigenvalue weighted by molar-refractivity contribution is -0.159. The van der Waals surface area contributed by atoms with Crippen LogP contribution in [0.2, 0.25) is 0 Å². The molecule has 0 aliphatic carbocycles. The maximum atomic E-state index is 15.3. The number of aromatic amines is 1. The zero-order valence-corrected chi connectivity index (χ0v) is 35.6. The fraction of sp³-hybridized carbons (Fsp3) is 0.467. The molecule has 8 heterocycles. The Morgan fingerprint density at radius 1 is 1.07 bits per heavy atom. The number of carbonyl (C=O) groups is 3. The van der Waals surface area contributed by atoms with Crippen molar-refractivity contribution < 1.29 is 47.9 Å². The molecule has 7 aliphatic rings. The summed E-state index contributed by atoms with van der Waals surface area (Å²) in [4.78, 5) is 48.4. The van der Waals surface area contributed by atoms with Crippen molar-refractivity contribution in [2.75, 3.05) is 39.9 Å². The summed E-state index contributed by atoms with van der Waals surface area (Å²) in [6.07, 6.45) is 1.23. The molecule has 2 saturated heterocycles. The topological polar surface area (TPSA) is 185 Å². The Kier molecular flexibility index (Phi) is 9.48. The van der Waals surface area contributed by atoms with Gasteiger partial charge in [-0.15, -0.1) is 0 Å². The Hall–Kier alpha value is -5.47. The summed E-state index contributed by atoms with van der Waals surface area (Å²) < 4.78 is 36.5. The average Bonchev–Trinajstić information content (AvgIpc) is 3.87. The summed E-state index contributed by atoms with van der Waals surface area (Å²) in [7, 11) is 3.54. The fourth-order valence-corrected chi connectivity index (χ4v) is 12.9. The van der Waals surface area contributed by atoms with E-state index < -0.39 is 58.9 Å². The van der Waals surface area contributed by atoms with Crippen LogP contribution in [0.3, 0.4) is 0 Å². The number of piperazine rings is 1. The largest absolute Gasteiger partial charge is 0.504 e. The quantitative estimate of drug-likeness (QED) is 0.182. The maximum absolute atomic E-state index is 15.3. The van der Waals surface area contributed by atoms with Crippen molar-refractivity contribution in [2.45, 2.75) is 94.0 Å². The second kappa shape index (κ2) is 14.6. The zero-order valence-electron chi connectivity index (χ0n) is 34.7. The number of fused-ring (bicyclic) bond motifs is 12. The van der Waals surface area contributed by atoms with Crippen LogP contribution in [0, 0.1) is 25.2 Å². The normalized spacial score (nSPS) is 28.7. The third kappa shape index (κ3) is 5.77. The first-order valence-electron chi connectivity index (χ1n) is 20.6. The van der Waals surface area contributed by atoms with Gasteiger partial charge in [0.2, 0.25) is 6.79 Å². The monoisotopic (exact) mass is 849 g/mol. The molecule has 1 unspecified atom stereocenters. The summed E-state index contributed by atoms with van der Waals surface area (Å²) in [5, 5.41) is 27.5. The van der Waals surface area contributed by atoms with Crippen molar-refractivity contribution >= 4 is 40.6 Å². The lowest BCUT2D eigenvalue weighted by Gasteiger charge is -2.61. The number of carbonyl (C=O) groups excluding carboxylic acids is 3. The number of phenolic OH excluding ortho intramolecular Hbond substituents is 1. The number of hydrogen-bond donors (Lipinski definition) is 3. The Bertz CT molecular complexity index is 2590. The lowest BCUT2D eigenvalue weighted by atomic mass is 9.71. The number of benzene rings is 3. The van der Waals surface area contributed by atoms with Gasteiger partial charge in [-0.2, -0.15) is 17.0 Å². The molecular formula is C45H47N5O10S. The number of nitrogens with one attached hydrogen (secondary N) is 2. The first-order chi connectivity index (χ1) is 29.4. The summed E-state index contributed by atoms with van der Waals surface area (Å²) in [6.45, 7) is 6.23. The minimum atomic E-state index is -1.39. The molecule has 0 saturated carbocycles. The number of rotatable bonds is 4. The molecule has 0 radical (unpaired) electrons. The van der Waals surface area contributed by atoms with Crippen LogP contribution >= 0.6 is 11.8 Å². The molecule has 4 bridgehead atoms. The zero-order chi connectivity index (χ0) is 42.6. The van der Waals surface area contributed by atoms with Crippen LogP contribution < -0.4 is 24.3 Å². The molecule has 1 aromatic heterocycles. The van der Waals surface area contributed by atoms with E-state index in [2.05, 4.69) is 26.2 Å². The second-order valence-corrected chi connectivity index (χ2v) is 18.2. The number of likely N-dealkylation sites (N-methyl/N-ethyl adjacent to an activating group) is 1. The number of para-hydroxylation sites is 1. The van der Waals surface area contributed by atoms with Gasteiger partial charge >= 0.3 is 17.9 Å². The number of aromatic hydroxyl groups is 1. The van der Waals surface area contributed by atoms with Crippen molar-refractivity contribution in [1.82, 2.24) is 20.1 Å². The number of aromatic nitrogens is 1. The molecule has 3 N–H and O–H groups in total. The highest BCUT2D eigenvalue weighted by Crippen LogP contribution is 2.64. The van der Waals surface area contributed by atoms with E-state index in [0.717, 1.165) is 27.6 Å². The highest BCUT2D eigenvalue weighted by molar-refractivity contribution is 7.99. The second-order valence-electron chi connectivity index (χ2n) is 16.9. The molecule has 8 atom stereocenters. The summed E-state index contributed by atoms with van der Waals surface area (Å²) in [6, 6.07) is 9.37. The molecule has 3 aromatic carbocycles. The SMILES string of the molecule is COc1c(C)cc2c(c1O)[C@H]1[C@@H]3[C@@H]4SCC[C@]5(N[C@H](COC(C)=O)Cc6c5[nH]c5ccccc65)C(=O)OC[C@@H](c5c6c(c(C)c(OC(C)=O)c54)OCO6)N3C(C#N)[C@H](C2)N1C. The van der Waals surface area contributed by atoms with E-state index in [4.69, 9.17) is 28.4 Å². The maximum Gasteiger partial charge on any atom is 0.332 e. The lowest BCUT2D eigenvalue weighted by Crippen LogP contribution is -2.69. The van der Waals surface area contributed by atoms with Gasteiger partial charge in [0, 0.05) is 65.1 Å². The molecule has 318 valence electrons. The van der Waals surface area contributed by atoms with Crippen molar-refractivity contribution in [3.63, 3.8) is 0 Å². The van der Waals surface area contributed by atoms with Crippen LogP contribution in [0.1, 0.15) is 82.2 Å². The molecule has 11 rings (SSSR count). The molecule has 4 aromatic rings. The number of thioether (sulfide) groups is 1. The number of nitriles is 1. The van der Waals surface area contributed by atoms with Crippen LogP contribution in [0.4, 0.5) is 0 Å². The number of methoxy groups -OCH3 is 1. The van der Waals surface area contributed by atoms with Crippen LogP contribution in [-0.2, 0) is 42.2 Å². The van der Waals surface area contributed by atoms with Crippen molar-refractivity contribution in [3.8, 4) is 34.8 Å². The van der Waals surface area contributed by atoms with E-state index >= 15 is 4.79 Å². The van der Waals surface area contributed by atoms with Crippen molar-refractivity contribution in [3.05, 3.63) is 75.0 Å². The van der Waals surface area contributed by atoms with Gasteiger partial charge in [-0.1, -0.05) is 24.3 Å². The molecule has 61 heavy (non-hydrogen) atoms. The smallest absolute Gasteiger partial charge is 0.332 e. The van der Waals surface area contributed by atoms with Crippen molar-refractivity contribution in [2.24, 2.45) is 0 Å². The van der Waals surface area contributed by atoms with Gasteiger partial charge in [-0.3, -0.25) is 24.7 Å². The first-order valence-corrected chi connectivity index (χ1v) is 21.7. The third-order valence-electron chi connectivity index (χ3n) is 13.7.